The number of nitrogens with zero attached hydrogens (tertiary/aromatic N) is 1. The van der Waals surface area contributed by atoms with Gasteiger partial charge < -0.3 is 10.2 Å². The number of halogens is 1. The van der Waals surface area contributed by atoms with Gasteiger partial charge in [-0.15, -0.1) is 11.6 Å². The number of rotatable bonds is 3. The van der Waals surface area contributed by atoms with Crippen LogP contribution < -0.4 is 10.2 Å². The van der Waals surface area contributed by atoms with Gasteiger partial charge in [-0.1, -0.05) is 0 Å². The van der Waals surface area contributed by atoms with E-state index < -0.39 is 5.41 Å². The molecule has 0 fully saturated rings. The van der Waals surface area contributed by atoms with E-state index in [0.29, 0.717) is 6.54 Å². The molecule has 0 atom stereocenters. The molecule has 2 amide bonds. The Kier molecular flexibility index (Phi) is 4.04. The van der Waals surface area contributed by atoms with Gasteiger partial charge in [-0.2, -0.15) is 0 Å². The molecule has 0 radical (unpaired) electrons. The van der Waals surface area contributed by atoms with Gasteiger partial charge in [0.05, 0.1) is 5.41 Å². The van der Waals surface area contributed by atoms with Crippen LogP contribution in [0, 0.1) is 5.41 Å². The highest BCUT2D eigenvalue weighted by Crippen LogP contribution is 2.31. The summed E-state index contributed by atoms with van der Waals surface area (Å²) < 4.78 is 0. The number of amides is 2. The Labute approximate surface area is 124 Å². The van der Waals surface area contributed by atoms with Gasteiger partial charge in [0, 0.05) is 30.7 Å². The maximum atomic E-state index is 12.1. The van der Waals surface area contributed by atoms with Crippen LogP contribution in [0.25, 0.3) is 0 Å². The summed E-state index contributed by atoms with van der Waals surface area (Å²) in [5, 5.41) is 2.88. The molecule has 0 unspecified atom stereocenters. The number of benzene rings is 1. The van der Waals surface area contributed by atoms with Crippen molar-refractivity contribution in [1.29, 1.82) is 0 Å². The fourth-order valence-corrected chi connectivity index (χ4v) is 2.29. The van der Waals surface area contributed by atoms with E-state index in [1.54, 1.807) is 25.7 Å². The smallest absolute Gasteiger partial charge is 0.231 e. The lowest BCUT2D eigenvalue weighted by Gasteiger charge is -2.21. The molecule has 1 aromatic carbocycles. The van der Waals surface area contributed by atoms with E-state index >= 15 is 0 Å². The van der Waals surface area contributed by atoms with Crippen LogP contribution in [0.2, 0.25) is 0 Å². The maximum Gasteiger partial charge on any atom is 0.231 e. The quantitative estimate of drug-likeness (QED) is 0.872. The molecule has 108 valence electrons. The van der Waals surface area contributed by atoms with Crippen LogP contribution in [-0.2, 0) is 16.0 Å². The summed E-state index contributed by atoms with van der Waals surface area (Å²) in [7, 11) is 0. The van der Waals surface area contributed by atoms with E-state index in [4.69, 9.17) is 11.6 Å². The van der Waals surface area contributed by atoms with Crippen molar-refractivity contribution in [3.05, 3.63) is 23.8 Å². The molecule has 1 aliphatic rings. The second-order valence-corrected chi connectivity index (χ2v) is 6.00. The lowest BCUT2D eigenvalue weighted by molar-refractivity contribution is -0.123. The van der Waals surface area contributed by atoms with Gasteiger partial charge >= 0.3 is 0 Å². The van der Waals surface area contributed by atoms with Crippen molar-refractivity contribution in [3.63, 3.8) is 0 Å². The monoisotopic (exact) mass is 294 g/mol. The van der Waals surface area contributed by atoms with Gasteiger partial charge in [-0.05, 0) is 44.0 Å². The number of nitrogens with one attached hydrogen (secondary N) is 1. The maximum absolute atomic E-state index is 12.1. The molecule has 0 bridgehead atoms. The zero-order valence-electron chi connectivity index (χ0n) is 12.0. The average Bonchev–Trinajstić information content (AvgIpc) is 2.81. The zero-order valence-corrected chi connectivity index (χ0v) is 12.8. The Morgan fingerprint density at radius 1 is 1.40 bits per heavy atom. The molecule has 1 N–H and O–H groups in total. The third-order valence-corrected chi connectivity index (χ3v) is 4.23. The SMILES string of the molecule is CC(=O)N1CCc2cc(NC(=O)C(C)(C)CCl)ccc21. The summed E-state index contributed by atoms with van der Waals surface area (Å²) >= 11 is 5.80. The van der Waals surface area contributed by atoms with Crippen molar-refractivity contribution in [2.45, 2.75) is 27.2 Å². The number of fused-ring (bicyclic) bond motifs is 1. The number of carbonyl (C=O) groups excluding carboxylic acids is 2. The minimum absolute atomic E-state index is 0.0452. The predicted octanol–water partition coefficient (Wildman–Crippen LogP) is 2.80. The van der Waals surface area contributed by atoms with E-state index in [1.165, 1.54) is 0 Å². The van der Waals surface area contributed by atoms with E-state index in [-0.39, 0.29) is 17.7 Å². The first-order valence-corrected chi connectivity index (χ1v) is 7.17. The average molecular weight is 295 g/mol. The molecule has 0 spiro atoms. The van der Waals surface area contributed by atoms with Gasteiger partial charge in [0.2, 0.25) is 11.8 Å². The fourth-order valence-electron chi connectivity index (χ4n) is 2.17. The van der Waals surface area contributed by atoms with Crippen LogP contribution in [-0.4, -0.2) is 24.2 Å². The fraction of sp³-hybridized carbons (Fsp3) is 0.467. The molecule has 20 heavy (non-hydrogen) atoms. The van der Waals surface area contributed by atoms with Crippen molar-refractivity contribution in [2.24, 2.45) is 5.41 Å². The first kappa shape index (κ1) is 14.9. The van der Waals surface area contributed by atoms with Crippen LogP contribution in [0.5, 0.6) is 0 Å². The minimum Gasteiger partial charge on any atom is -0.326 e. The van der Waals surface area contributed by atoms with Gasteiger partial charge in [0.25, 0.3) is 0 Å². The summed E-state index contributed by atoms with van der Waals surface area (Å²) in [6, 6.07) is 5.63. The van der Waals surface area contributed by atoms with Crippen LogP contribution in [0.3, 0.4) is 0 Å². The normalized spacial score (nSPS) is 14.1. The molecule has 0 saturated heterocycles. The summed E-state index contributed by atoms with van der Waals surface area (Å²) in [5.74, 6) is 0.208. The highest BCUT2D eigenvalue weighted by Gasteiger charge is 2.27. The van der Waals surface area contributed by atoms with E-state index in [0.717, 1.165) is 23.4 Å². The van der Waals surface area contributed by atoms with Crippen LogP contribution >= 0.6 is 11.6 Å². The molecule has 1 heterocycles. The Hall–Kier alpha value is -1.55. The van der Waals surface area contributed by atoms with Crippen molar-refractivity contribution in [2.75, 3.05) is 22.6 Å². The Morgan fingerprint density at radius 2 is 2.10 bits per heavy atom. The number of carbonyl (C=O) groups is 2. The molecular formula is C15H19ClN2O2. The van der Waals surface area contributed by atoms with Gasteiger partial charge in [-0.3, -0.25) is 9.59 Å². The van der Waals surface area contributed by atoms with E-state index in [2.05, 4.69) is 5.32 Å². The predicted molar refractivity (Wildman–Crippen MR) is 81.3 cm³/mol. The molecule has 1 aromatic rings. The van der Waals surface area contributed by atoms with Crippen molar-refractivity contribution in [3.8, 4) is 0 Å². The van der Waals surface area contributed by atoms with E-state index in [9.17, 15) is 9.59 Å². The Morgan fingerprint density at radius 3 is 2.70 bits per heavy atom. The second-order valence-electron chi connectivity index (χ2n) is 5.74. The third kappa shape index (κ3) is 2.80. The summed E-state index contributed by atoms with van der Waals surface area (Å²) in [6.07, 6.45) is 0.817. The van der Waals surface area contributed by atoms with Crippen molar-refractivity contribution in [1.82, 2.24) is 0 Å². The standard InChI is InChI=1S/C15H19ClN2O2/c1-10(19)18-7-6-11-8-12(4-5-13(11)18)17-14(20)15(2,3)9-16/h4-5,8H,6-7,9H2,1-3H3,(H,17,20). The minimum atomic E-state index is -0.605. The highest BCUT2D eigenvalue weighted by atomic mass is 35.5. The number of hydrogen-bond acceptors (Lipinski definition) is 2. The van der Waals surface area contributed by atoms with Crippen LogP contribution in [0.15, 0.2) is 18.2 Å². The second kappa shape index (κ2) is 5.44. The highest BCUT2D eigenvalue weighted by molar-refractivity contribution is 6.20. The lowest BCUT2D eigenvalue weighted by Crippen LogP contribution is -2.32. The van der Waals surface area contributed by atoms with Crippen molar-refractivity contribution < 1.29 is 9.59 Å². The molecule has 0 saturated carbocycles. The number of hydrogen-bond donors (Lipinski definition) is 1. The van der Waals surface area contributed by atoms with Crippen molar-refractivity contribution >= 4 is 34.8 Å². The number of alkyl halides is 1. The molecule has 4 nitrogen and oxygen atoms in total. The molecule has 1 aliphatic heterocycles. The molecule has 2 rings (SSSR count). The Bertz CT molecular complexity index is 555. The largest absolute Gasteiger partial charge is 0.326 e. The topological polar surface area (TPSA) is 49.4 Å². The van der Waals surface area contributed by atoms with Crippen LogP contribution in [0.4, 0.5) is 11.4 Å². The molecule has 0 aromatic heterocycles. The van der Waals surface area contributed by atoms with Crippen LogP contribution in [0.1, 0.15) is 26.3 Å². The van der Waals surface area contributed by atoms with Gasteiger partial charge in [0.15, 0.2) is 0 Å². The number of anilines is 2. The summed E-state index contributed by atoms with van der Waals surface area (Å²) in [5.41, 5.74) is 2.16. The Balaban J connectivity index is 2.18. The third-order valence-electron chi connectivity index (χ3n) is 3.56. The first-order chi connectivity index (χ1) is 9.35. The van der Waals surface area contributed by atoms with Gasteiger partial charge in [0.1, 0.15) is 0 Å². The first-order valence-electron chi connectivity index (χ1n) is 6.63. The van der Waals surface area contributed by atoms with E-state index in [1.807, 2.05) is 18.2 Å². The summed E-state index contributed by atoms with van der Waals surface area (Å²) in [4.78, 5) is 25.3. The van der Waals surface area contributed by atoms with Gasteiger partial charge in [-0.25, -0.2) is 0 Å². The molecule has 0 aliphatic carbocycles. The summed E-state index contributed by atoms with van der Waals surface area (Å²) in [6.45, 7) is 5.88. The molecule has 5 heteroatoms. The zero-order chi connectivity index (χ0) is 14.9. The molecular weight excluding hydrogens is 276 g/mol. The lowest BCUT2D eigenvalue weighted by atomic mass is 9.95.